The molecule has 2 saturated carbocycles. The highest BCUT2D eigenvalue weighted by Gasteiger charge is 2.44. The zero-order chi connectivity index (χ0) is 28.3. The third-order valence-corrected chi connectivity index (χ3v) is 8.69. The maximum Gasteiger partial charge on any atom is 0.573 e. The quantitative estimate of drug-likeness (QED) is 0.300. The van der Waals surface area contributed by atoms with E-state index in [4.69, 9.17) is 9.26 Å². The van der Waals surface area contributed by atoms with Crippen molar-refractivity contribution in [3.05, 3.63) is 59.0 Å². The van der Waals surface area contributed by atoms with E-state index < -0.39 is 12.3 Å². The van der Waals surface area contributed by atoms with Gasteiger partial charge < -0.3 is 24.0 Å². The van der Waals surface area contributed by atoms with Gasteiger partial charge in [0.2, 0.25) is 0 Å². The fourth-order valence-corrected chi connectivity index (χ4v) is 6.53. The molecule has 4 fully saturated rings. The number of hydrogen-bond donors (Lipinski definition) is 1. The standard InChI is InChI=1S/C30H30F3N3O5/c31-30(32,33)40-25-4-2-1-3-22(25)26-24(27(41-35-26)17-7-8-17)15-39-21-12-19-9-10-20(13-21)36(19)28-23(16-5-6-16)11-18(14-34-28)29(37)38/h1-4,11,14,16-17,19-21H,5-10,12-13,15H2,(H,37,38). The molecule has 4 heterocycles. The summed E-state index contributed by atoms with van der Waals surface area (Å²) >= 11 is 0. The number of benzene rings is 1. The molecule has 216 valence electrons. The van der Waals surface area contributed by atoms with Crippen LogP contribution in [0.4, 0.5) is 19.0 Å². The number of carboxylic acids is 1. The first-order valence-corrected chi connectivity index (χ1v) is 14.2. The summed E-state index contributed by atoms with van der Waals surface area (Å²) in [5, 5.41) is 13.7. The number of rotatable bonds is 9. The summed E-state index contributed by atoms with van der Waals surface area (Å²) in [7, 11) is 0. The lowest BCUT2D eigenvalue weighted by Gasteiger charge is -2.40. The smallest absolute Gasteiger partial charge is 0.478 e. The number of alkyl halides is 3. The summed E-state index contributed by atoms with van der Waals surface area (Å²) in [6.45, 7) is 0.189. The van der Waals surface area contributed by atoms with E-state index in [2.05, 4.69) is 19.8 Å². The second-order valence-electron chi connectivity index (χ2n) is 11.6. The van der Waals surface area contributed by atoms with Gasteiger partial charge in [0.1, 0.15) is 23.0 Å². The molecule has 0 amide bonds. The number of fused-ring (bicyclic) bond motifs is 2. The number of carbonyl (C=O) groups is 1. The van der Waals surface area contributed by atoms with Crippen LogP contribution < -0.4 is 9.64 Å². The van der Waals surface area contributed by atoms with Crippen molar-refractivity contribution in [3.8, 4) is 17.0 Å². The number of aromatic carboxylic acids is 1. The first kappa shape index (κ1) is 26.3. The molecule has 2 atom stereocenters. The number of ether oxygens (including phenoxy) is 2. The zero-order valence-electron chi connectivity index (χ0n) is 22.3. The van der Waals surface area contributed by atoms with Gasteiger partial charge in [-0.25, -0.2) is 9.78 Å². The van der Waals surface area contributed by atoms with E-state index in [1.165, 1.54) is 18.3 Å². The second-order valence-corrected chi connectivity index (χ2v) is 11.6. The molecule has 2 bridgehead atoms. The van der Waals surface area contributed by atoms with Crippen LogP contribution in [0.25, 0.3) is 11.3 Å². The van der Waals surface area contributed by atoms with Gasteiger partial charge in [-0.15, -0.1) is 13.2 Å². The highest BCUT2D eigenvalue weighted by Crippen LogP contribution is 2.49. The van der Waals surface area contributed by atoms with Crippen LogP contribution in [0, 0.1) is 0 Å². The lowest BCUT2D eigenvalue weighted by atomic mass is 9.97. The van der Waals surface area contributed by atoms with Crippen molar-refractivity contribution < 1.29 is 37.1 Å². The zero-order valence-corrected chi connectivity index (χ0v) is 22.3. The number of piperidine rings is 1. The SMILES string of the molecule is O=C(O)c1cnc(N2C3CCC2CC(OCc2c(-c4ccccc4OC(F)(F)F)noc2C2CC2)C3)c(C2CC2)c1. The van der Waals surface area contributed by atoms with E-state index in [-0.39, 0.29) is 47.6 Å². The van der Waals surface area contributed by atoms with E-state index in [1.807, 2.05) is 0 Å². The molecule has 4 aliphatic rings. The summed E-state index contributed by atoms with van der Waals surface area (Å²) in [6, 6.07) is 8.21. The third kappa shape index (κ3) is 5.27. The molecule has 0 spiro atoms. The fourth-order valence-electron chi connectivity index (χ4n) is 6.53. The van der Waals surface area contributed by atoms with Crippen molar-refractivity contribution in [2.24, 2.45) is 0 Å². The molecule has 8 nitrogen and oxygen atoms in total. The van der Waals surface area contributed by atoms with Crippen molar-refractivity contribution in [2.45, 2.75) is 94.4 Å². The molecule has 11 heteroatoms. The number of para-hydroxylation sites is 1. The van der Waals surface area contributed by atoms with Gasteiger partial charge in [0.15, 0.2) is 0 Å². The van der Waals surface area contributed by atoms with Gasteiger partial charge in [-0.2, -0.15) is 0 Å². The predicted molar refractivity (Wildman–Crippen MR) is 141 cm³/mol. The second kappa shape index (κ2) is 10.0. The molecule has 2 aliphatic carbocycles. The highest BCUT2D eigenvalue weighted by atomic mass is 19.4. The van der Waals surface area contributed by atoms with Crippen LogP contribution in [0.15, 0.2) is 41.1 Å². The Bertz CT molecular complexity index is 1450. The van der Waals surface area contributed by atoms with Gasteiger partial charge in [-0.1, -0.05) is 17.3 Å². The Morgan fingerprint density at radius 1 is 1.05 bits per heavy atom. The van der Waals surface area contributed by atoms with E-state index >= 15 is 0 Å². The summed E-state index contributed by atoms with van der Waals surface area (Å²) in [4.78, 5) is 18.6. The Morgan fingerprint density at radius 3 is 2.41 bits per heavy atom. The molecule has 41 heavy (non-hydrogen) atoms. The summed E-state index contributed by atoms with van der Waals surface area (Å²) in [6.07, 6.45) is 4.17. The molecular formula is C30H30F3N3O5. The van der Waals surface area contributed by atoms with Crippen molar-refractivity contribution >= 4 is 11.8 Å². The van der Waals surface area contributed by atoms with Crippen molar-refractivity contribution in [1.29, 1.82) is 0 Å². The minimum atomic E-state index is -4.83. The van der Waals surface area contributed by atoms with Crippen molar-refractivity contribution in [1.82, 2.24) is 10.1 Å². The number of aromatic nitrogens is 2. The van der Waals surface area contributed by atoms with Gasteiger partial charge in [0.25, 0.3) is 0 Å². The number of carboxylic acid groups (broad SMARTS) is 1. The molecule has 1 aromatic carbocycles. The van der Waals surface area contributed by atoms with Crippen LogP contribution in [0.1, 0.15) is 90.4 Å². The molecule has 2 aliphatic heterocycles. The molecule has 1 N–H and O–H groups in total. The molecule has 2 saturated heterocycles. The summed E-state index contributed by atoms with van der Waals surface area (Å²) in [5.41, 5.74) is 2.48. The largest absolute Gasteiger partial charge is 0.573 e. The molecule has 3 aromatic rings. The number of nitrogens with zero attached hydrogens (tertiary/aromatic N) is 3. The summed E-state index contributed by atoms with van der Waals surface area (Å²) < 4.78 is 55.8. The minimum Gasteiger partial charge on any atom is -0.478 e. The molecule has 2 aromatic heterocycles. The third-order valence-electron chi connectivity index (χ3n) is 8.69. The minimum absolute atomic E-state index is 0.0390. The Hall–Kier alpha value is -3.60. The number of pyridine rings is 1. The topological polar surface area (TPSA) is 97.9 Å². The van der Waals surface area contributed by atoms with Crippen LogP contribution in [-0.4, -0.2) is 45.8 Å². The predicted octanol–water partition coefficient (Wildman–Crippen LogP) is 6.80. The monoisotopic (exact) mass is 569 g/mol. The number of hydrogen-bond acceptors (Lipinski definition) is 7. The van der Waals surface area contributed by atoms with Crippen LogP contribution in [0.2, 0.25) is 0 Å². The summed E-state index contributed by atoms with van der Waals surface area (Å²) in [5.74, 6) is 0.857. The molecule has 7 rings (SSSR count). The van der Waals surface area contributed by atoms with Crippen LogP contribution in [0.3, 0.4) is 0 Å². The van der Waals surface area contributed by atoms with Crippen LogP contribution in [0.5, 0.6) is 5.75 Å². The Morgan fingerprint density at radius 2 is 1.76 bits per heavy atom. The normalized spacial score (nSPS) is 24.1. The lowest BCUT2D eigenvalue weighted by molar-refractivity contribution is -0.274. The average Bonchev–Trinajstić information content (AvgIpc) is 3.87. The van der Waals surface area contributed by atoms with E-state index in [1.54, 1.807) is 18.2 Å². The van der Waals surface area contributed by atoms with Gasteiger partial charge in [0.05, 0.1) is 18.3 Å². The van der Waals surface area contributed by atoms with Gasteiger partial charge in [0, 0.05) is 35.3 Å². The average molecular weight is 570 g/mol. The Labute approximate surface area is 234 Å². The number of halogens is 3. The Balaban J connectivity index is 1.10. The highest BCUT2D eigenvalue weighted by molar-refractivity contribution is 5.88. The first-order valence-electron chi connectivity index (χ1n) is 14.2. The maximum absolute atomic E-state index is 13.1. The first-order chi connectivity index (χ1) is 19.7. The van der Waals surface area contributed by atoms with Crippen molar-refractivity contribution in [2.75, 3.05) is 4.90 Å². The van der Waals surface area contributed by atoms with Gasteiger partial charge in [-0.3, -0.25) is 0 Å². The van der Waals surface area contributed by atoms with E-state index in [0.717, 1.165) is 62.7 Å². The molecule has 2 unspecified atom stereocenters. The van der Waals surface area contributed by atoms with Gasteiger partial charge in [-0.05, 0) is 81.0 Å². The van der Waals surface area contributed by atoms with E-state index in [0.29, 0.717) is 22.9 Å². The molecule has 0 radical (unpaired) electrons. The van der Waals surface area contributed by atoms with Crippen molar-refractivity contribution in [3.63, 3.8) is 0 Å². The Kier molecular flexibility index (Phi) is 6.44. The van der Waals surface area contributed by atoms with Gasteiger partial charge >= 0.3 is 12.3 Å². The van der Waals surface area contributed by atoms with Crippen LogP contribution in [-0.2, 0) is 11.3 Å². The van der Waals surface area contributed by atoms with E-state index in [9.17, 15) is 23.1 Å². The lowest BCUT2D eigenvalue weighted by Crippen LogP contribution is -2.46. The molecular weight excluding hydrogens is 539 g/mol. The fraction of sp³-hybridized carbons (Fsp3) is 0.500. The van der Waals surface area contributed by atoms with Crippen LogP contribution >= 0.6 is 0 Å². The number of anilines is 1. The maximum atomic E-state index is 13.1.